The monoisotopic (exact) mass is 450 g/mol. The van der Waals surface area contributed by atoms with Crippen LogP contribution in [0.1, 0.15) is 36.9 Å². The van der Waals surface area contributed by atoms with Crippen molar-refractivity contribution in [1.82, 2.24) is 20.4 Å². The normalized spacial score (nSPS) is 16.4. The van der Waals surface area contributed by atoms with Gasteiger partial charge in [0.25, 0.3) is 5.89 Å². The number of nitrogens with zero attached hydrogens (tertiary/aromatic N) is 3. The molecule has 1 aliphatic heterocycles. The Morgan fingerprint density at radius 3 is 2.71 bits per heavy atom. The van der Waals surface area contributed by atoms with Crippen molar-refractivity contribution in [3.63, 3.8) is 0 Å². The maximum Gasteiger partial charge on any atom is 0.258 e. The lowest BCUT2D eigenvalue weighted by molar-refractivity contribution is 0.399. The summed E-state index contributed by atoms with van der Waals surface area (Å²) in [6.07, 6.45) is 2.80. The van der Waals surface area contributed by atoms with Gasteiger partial charge in [-0.05, 0) is 48.8 Å². The van der Waals surface area contributed by atoms with E-state index in [0.717, 1.165) is 28.8 Å². The lowest BCUT2D eigenvalue weighted by Crippen LogP contribution is -2.45. The number of rotatable bonds is 6. The highest BCUT2D eigenvalue weighted by Gasteiger charge is 2.33. The minimum Gasteiger partial charge on any atom is -0.351 e. The molecule has 158 valence electrons. The fraction of sp³-hybridized carbons (Fsp3) is 0.208. The van der Waals surface area contributed by atoms with Gasteiger partial charge < -0.3 is 14.7 Å². The second kappa shape index (κ2) is 9.04. The molecular weight excluding hydrogens is 428 g/mol. The van der Waals surface area contributed by atoms with E-state index in [0.29, 0.717) is 28.4 Å². The van der Waals surface area contributed by atoms with Gasteiger partial charge in [0.05, 0.1) is 11.6 Å². The lowest BCUT2D eigenvalue weighted by Gasteiger charge is -2.36. The summed E-state index contributed by atoms with van der Waals surface area (Å²) in [5, 5.41) is 8.91. The van der Waals surface area contributed by atoms with Crippen LogP contribution in [0, 0.1) is 0 Å². The molecule has 0 spiro atoms. The molecule has 4 rings (SSSR count). The Bertz CT molecular complexity index is 1150. The van der Waals surface area contributed by atoms with Gasteiger partial charge in [-0.25, -0.2) is 0 Å². The molecule has 1 atom stereocenters. The maximum absolute atomic E-state index is 6.14. The number of allylic oxidation sites excluding steroid dienone is 1. The number of hydrogen-bond acceptors (Lipinski definition) is 4. The smallest absolute Gasteiger partial charge is 0.258 e. The second-order valence-electron chi connectivity index (χ2n) is 7.31. The van der Waals surface area contributed by atoms with Gasteiger partial charge in [-0.1, -0.05) is 66.2 Å². The number of halogens is 1. The summed E-state index contributed by atoms with van der Waals surface area (Å²) < 4.78 is 5.73. The summed E-state index contributed by atoms with van der Waals surface area (Å²) in [5.41, 5.74) is 5.00. The highest BCUT2D eigenvalue weighted by molar-refractivity contribution is 7.80. The highest BCUT2D eigenvalue weighted by Crippen LogP contribution is 2.37. The van der Waals surface area contributed by atoms with Crippen LogP contribution in [-0.4, -0.2) is 26.7 Å². The van der Waals surface area contributed by atoms with Crippen LogP contribution in [0.2, 0.25) is 5.02 Å². The van der Waals surface area contributed by atoms with Crippen molar-refractivity contribution in [3.05, 3.63) is 88.9 Å². The van der Waals surface area contributed by atoms with Gasteiger partial charge in [0.1, 0.15) is 0 Å². The van der Waals surface area contributed by atoms with E-state index in [1.165, 1.54) is 5.56 Å². The third-order valence-corrected chi connectivity index (χ3v) is 5.94. The summed E-state index contributed by atoms with van der Waals surface area (Å²) in [6, 6.07) is 15.7. The molecule has 2 heterocycles. The Balaban J connectivity index is 1.81. The highest BCUT2D eigenvalue weighted by atomic mass is 35.5. The molecule has 1 aliphatic rings. The summed E-state index contributed by atoms with van der Waals surface area (Å²) in [4.78, 5) is 6.68. The van der Waals surface area contributed by atoms with Crippen LogP contribution in [0.3, 0.4) is 0 Å². The van der Waals surface area contributed by atoms with E-state index >= 15 is 0 Å². The van der Waals surface area contributed by atoms with Crippen LogP contribution in [0.4, 0.5) is 0 Å². The molecular formula is C24H23ClN4OS. The number of hydrogen-bond donors (Lipinski definition) is 1. The fourth-order valence-electron chi connectivity index (χ4n) is 3.68. The zero-order valence-corrected chi connectivity index (χ0v) is 19.0. The predicted molar refractivity (Wildman–Crippen MR) is 129 cm³/mol. The maximum atomic E-state index is 6.14. The molecule has 0 amide bonds. The molecule has 1 unspecified atom stereocenters. The number of thiocarbonyl (C=S) groups is 1. The minimum absolute atomic E-state index is 0.202. The molecule has 5 nitrogen and oxygen atoms in total. The fourth-order valence-corrected chi connectivity index (χ4v) is 4.20. The lowest BCUT2D eigenvalue weighted by atomic mass is 9.94. The van der Waals surface area contributed by atoms with E-state index in [9.17, 15) is 0 Å². The zero-order chi connectivity index (χ0) is 22.0. The van der Waals surface area contributed by atoms with E-state index in [1.54, 1.807) is 0 Å². The van der Waals surface area contributed by atoms with Crippen LogP contribution in [0.25, 0.3) is 17.0 Å². The Morgan fingerprint density at radius 2 is 2.03 bits per heavy atom. The minimum atomic E-state index is -0.202. The second-order valence-corrected chi connectivity index (χ2v) is 8.13. The van der Waals surface area contributed by atoms with Gasteiger partial charge in [0.15, 0.2) is 5.11 Å². The van der Waals surface area contributed by atoms with Crippen LogP contribution in [-0.2, 0) is 6.42 Å². The Morgan fingerprint density at radius 1 is 1.26 bits per heavy atom. The van der Waals surface area contributed by atoms with Crippen LogP contribution in [0.15, 0.2) is 71.4 Å². The molecule has 1 N–H and O–H groups in total. The first-order valence-corrected chi connectivity index (χ1v) is 10.9. The summed E-state index contributed by atoms with van der Waals surface area (Å²) in [7, 11) is 0. The van der Waals surface area contributed by atoms with Gasteiger partial charge in [-0.3, -0.25) is 0 Å². The predicted octanol–water partition coefficient (Wildman–Crippen LogP) is 5.80. The van der Waals surface area contributed by atoms with E-state index in [1.807, 2.05) is 42.2 Å². The molecule has 3 aromatic rings. The number of nitrogens with one attached hydrogen (secondary N) is 1. The van der Waals surface area contributed by atoms with Gasteiger partial charge in [0.2, 0.25) is 5.82 Å². The molecule has 0 bridgehead atoms. The molecule has 0 saturated carbocycles. The Hall–Kier alpha value is -2.96. The largest absolute Gasteiger partial charge is 0.351 e. The van der Waals surface area contributed by atoms with Crippen LogP contribution < -0.4 is 5.32 Å². The van der Waals surface area contributed by atoms with Gasteiger partial charge in [-0.2, -0.15) is 4.98 Å². The SMILES string of the molecule is C=CCN1C(=S)NC(c2ccc(CC)cc2)C(c2nc(-c3cccc(Cl)c3)no2)=C1C. The van der Waals surface area contributed by atoms with E-state index in [4.69, 9.17) is 33.3 Å². The van der Waals surface area contributed by atoms with Gasteiger partial charge >= 0.3 is 0 Å². The van der Waals surface area contributed by atoms with Crippen LogP contribution in [0.5, 0.6) is 0 Å². The van der Waals surface area contributed by atoms with E-state index < -0.39 is 0 Å². The van der Waals surface area contributed by atoms with Crippen molar-refractivity contribution in [2.75, 3.05) is 6.54 Å². The van der Waals surface area contributed by atoms with Crippen molar-refractivity contribution < 1.29 is 4.52 Å². The number of aromatic nitrogens is 2. The molecule has 1 aromatic heterocycles. The number of aryl methyl sites for hydroxylation is 1. The van der Waals surface area contributed by atoms with Crippen LogP contribution >= 0.6 is 23.8 Å². The quantitative estimate of drug-likeness (QED) is 0.378. The summed E-state index contributed by atoms with van der Waals surface area (Å²) in [5.74, 6) is 0.933. The molecule has 7 heteroatoms. The molecule has 31 heavy (non-hydrogen) atoms. The van der Waals surface area contributed by atoms with Crippen molar-refractivity contribution in [3.8, 4) is 11.4 Å². The third-order valence-electron chi connectivity index (χ3n) is 5.37. The Kier molecular flexibility index (Phi) is 6.20. The van der Waals surface area contributed by atoms with E-state index in [-0.39, 0.29) is 6.04 Å². The standard InChI is InChI=1S/C24H23ClN4OS/c1-4-13-29-15(3)20(21(26-24(29)31)17-11-9-16(5-2)10-12-17)23-27-22(28-30-23)18-7-6-8-19(25)14-18/h4,6-12,14,21H,1,5,13H2,2-3H3,(H,26,31). The van der Waals surface area contributed by atoms with Gasteiger partial charge in [0, 0.05) is 22.8 Å². The molecule has 0 aliphatic carbocycles. The summed E-state index contributed by atoms with van der Waals surface area (Å²) >= 11 is 11.8. The Labute approximate surface area is 192 Å². The molecule has 0 saturated heterocycles. The third kappa shape index (κ3) is 4.27. The van der Waals surface area contributed by atoms with Crippen molar-refractivity contribution in [2.45, 2.75) is 26.3 Å². The zero-order valence-electron chi connectivity index (χ0n) is 17.4. The first kappa shape index (κ1) is 21.3. The first-order chi connectivity index (χ1) is 15.0. The number of benzene rings is 2. The molecule has 0 radical (unpaired) electrons. The molecule has 2 aromatic carbocycles. The van der Waals surface area contributed by atoms with E-state index in [2.05, 4.69) is 48.2 Å². The van der Waals surface area contributed by atoms with Crippen molar-refractivity contribution in [1.29, 1.82) is 0 Å². The average Bonchev–Trinajstić information content (AvgIpc) is 3.26. The summed E-state index contributed by atoms with van der Waals surface area (Å²) in [6.45, 7) is 8.59. The first-order valence-electron chi connectivity index (χ1n) is 10.1. The van der Waals surface area contributed by atoms with Crippen molar-refractivity contribution in [2.24, 2.45) is 0 Å². The average molecular weight is 451 g/mol. The van der Waals surface area contributed by atoms with Gasteiger partial charge in [-0.15, -0.1) is 6.58 Å². The topological polar surface area (TPSA) is 54.2 Å². The van der Waals surface area contributed by atoms with Crippen molar-refractivity contribution >= 4 is 34.5 Å². The molecule has 0 fully saturated rings.